The summed E-state index contributed by atoms with van der Waals surface area (Å²) >= 11 is 6.34. The van der Waals surface area contributed by atoms with Crippen molar-refractivity contribution in [2.24, 2.45) is 10.2 Å². The maximum Gasteiger partial charge on any atom is 0.138 e. The standard InChI is InChI=1S/C27H25ClN4O/c28-27-24(17-21-8-4-5-9-25(21)31-27)19-30-29-18-23-11-10-22(16-20-6-2-1-3-7-20)26(23)32-12-14-33-15-13-32/h1-9,16-19H,10-15H2/b22-16-,29-18+,30-19+. The van der Waals surface area contributed by atoms with Gasteiger partial charge in [-0.2, -0.15) is 10.2 Å². The summed E-state index contributed by atoms with van der Waals surface area (Å²) in [6, 6.07) is 20.3. The normalized spacial score (nSPS) is 18.5. The predicted molar refractivity (Wildman–Crippen MR) is 136 cm³/mol. The molecule has 0 unspecified atom stereocenters. The summed E-state index contributed by atoms with van der Waals surface area (Å²) < 4.78 is 5.58. The van der Waals surface area contributed by atoms with Crippen LogP contribution in [-0.4, -0.2) is 48.6 Å². The Balaban J connectivity index is 1.41. The number of hydrogen-bond donors (Lipinski definition) is 0. The van der Waals surface area contributed by atoms with Gasteiger partial charge in [0.1, 0.15) is 5.15 Å². The van der Waals surface area contributed by atoms with Gasteiger partial charge in [0.05, 0.1) is 31.2 Å². The van der Waals surface area contributed by atoms with E-state index in [0.717, 1.165) is 55.6 Å². The van der Waals surface area contributed by atoms with Crippen LogP contribution in [0.2, 0.25) is 5.15 Å². The topological polar surface area (TPSA) is 50.1 Å². The third kappa shape index (κ3) is 5.05. The van der Waals surface area contributed by atoms with E-state index < -0.39 is 0 Å². The largest absolute Gasteiger partial charge is 0.378 e. The van der Waals surface area contributed by atoms with Crippen molar-refractivity contribution < 1.29 is 4.74 Å². The van der Waals surface area contributed by atoms with Crippen molar-refractivity contribution in [3.63, 3.8) is 0 Å². The van der Waals surface area contributed by atoms with E-state index in [2.05, 4.69) is 50.4 Å². The Morgan fingerprint density at radius 3 is 2.52 bits per heavy atom. The van der Waals surface area contributed by atoms with E-state index in [0.29, 0.717) is 5.15 Å². The number of benzene rings is 2. The number of aromatic nitrogens is 1. The molecule has 5 nitrogen and oxygen atoms in total. The summed E-state index contributed by atoms with van der Waals surface area (Å²) in [5, 5.41) is 10.1. The Morgan fingerprint density at radius 1 is 0.909 bits per heavy atom. The second kappa shape index (κ2) is 10.1. The number of halogens is 1. The molecule has 0 atom stereocenters. The molecule has 2 aromatic carbocycles. The molecule has 1 saturated heterocycles. The van der Waals surface area contributed by atoms with Crippen LogP contribution in [0, 0.1) is 0 Å². The molecule has 1 aliphatic carbocycles. The fourth-order valence-electron chi connectivity index (χ4n) is 4.32. The molecular formula is C27H25ClN4O. The monoisotopic (exact) mass is 456 g/mol. The number of ether oxygens (including phenoxy) is 1. The second-order valence-corrected chi connectivity index (χ2v) is 8.46. The lowest BCUT2D eigenvalue weighted by atomic mass is 10.1. The molecule has 0 saturated carbocycles. The molecule has 2 aliphatic rings. The maximum absolute atomic E-state index is 6.34. The molecule has 1 aromatic heterocycles. The number of nitrogens with zero attached hydrogens (tertiary/aromatic N) is 4. The van der Waals surface area contributed by atoms with Gasteiger partial charge in [0.15, 0.2) is 0 Å². The first-order chi connectivity index (χ1) is 16.3. The van der Waals surface area contributed by atoms with Crippen molar-refractivity contribution in [3.05, 3.63) is 93.8 Å². The first-order valence-corrected chi connectivity index (χ1v) is 11.6. The van der Waals surface area contributed by atoms with Crippen molar-refractivity contribution in [1.82, 2.24) is 9.88 Å². The van der Waals surface area contributed by atoms with E-state index in [1.165, 1.54) is 22.4 Å². The summed E-state index contributed by atoms with van der Waals surface area (Å²) in [6.07, 6.45) is 7.78. The van der Waals surface area contributed by atoms with Crippen molar-refractivity contribution in [3.8, 4) is 0 Å². The highest BCUT2D eigenvalue weighted by Gasteiger charge is 2.25. The summed E-state index contributed by atoms with van der Waals surface area (Å²) in [4.78, 5) is 6.86. The van der Waals surface area contributed by atoms with Crippen LogP contribution < -0.4 is 0 Å². The number of rotatable bonds is 5. The molecular weight excluding hydrogens is 432 g/mol. The first kappa shape index (κ1) is 21.6. The van der Waals surface area contributed by atoms with E-state index >= 15 is 0 Å². The lowest BCUT2D eigenvalue weighted by molar-refractivity contribution is 0.0548. The Morgan fingerprint density at radius 2 is 1.67 bits per heavy atom. The second-order valence-electron chi connectivity index (χ2n) is 8.10. The molecule has 6 heteroatoms. The van der Waals surface area contributed by atoms with Gasteiger partial charge in [0.25, 0.3) is 0 Å². The zero-order valence-electron chi connectivity index (χ0n) is 18.3. The van der Waals surface area contributed by atoms with E-state index in [1.807, 2.05) is 42.6 Å². The Labute approximate surface area is 198 Å². The van der Waals surface area contributed by atoms with Crippen molar-refractivity contribution in [2.75, 3.05) is 26.3 Å². The van der Waals surface area contributed by atoms with Gasteiger partial charge >= 0.3 is 0 Å². The van der Waals surface area contributed by atoms with Gasteiger partial charge in [0, 0.05) is 29.7 Å². The summed E-state index contributed by atoms with van der Waals surface area (Å²) in [5.41, 5.74) is 6.66. The lowest BCUT2D eigenvalue weighted by Crippen LogP contribution is -2.36. The van der Waals surface area contributed by atoms with Crippen molar-refractivity contribution >= 4 is 41.0 Å². The molecule has 3 aromatic rings. The van der Waals surface area contributed by atoms with E-state index in [4.69, 9.17) is 16.3 Å². The smallest absolute Gasteiger partial charge is 0.138 e. The van der Waals surface area contributed by atoms with E-state index in [1.54, 1.807) is 6.21 Å². The fourth-order valence-corrected chi connectivity index (χ4v) is 4.51. The van der Waals surface area contributed by atoms with Crippen LogP contribution in [-0.2, 0) is 4.74 Å². The third-order valence-corrected chi connectivity index (χ3v) is 6.22. The third-order valence-electron chi connectivity index (χ3n) is 5.92. The average molecular weight is 457 g/mol. The number of allylic oxidation sites excluding steroid dienone is 2. The SMILES string of the molecule is Clc1nc2ccccc2cc1/C=N/N=C/C1=C(N2CCOCC2)C(=C\c2ccccc2)/CC1. The van der Waals surface area contributed by atoms with Gasteiger partial charge in [-0.1, -0.05) is 60.1 Å². The number of fused-ring (bicyclic) bond motifs is 1. The molecule has 0 amide bonds. The van der Waals surface area contributed by atoms with Crippen molar-refractivity contribution in [2.45, 2.75) is 12.8 Å². The van der Waals surface area contributed by atoms with E-state index in [9.17, 15) is 0 Å². The Hall–Kier alpha value is -3.28. The van der Waals surface area contributed by atoms with Gasteiger partial charge in [-0.15, -0.1) is 0 Å². The summed E-state index contributed by atoms with van der Waals surface area (Å²) in [5.74, 6) is 0. The van der Waals surface area contributed by atoms with Crippen LogP contribution in [0.25, 0.3) is 17.0 Å². The zero-order valence-corrected chi connectivity index (χ0v) is 19.1. The van der Waals surface area contributed by atoms with Gasteiger partial charge in [-0.25, -0.2) is 4.98 Å². The van der Waals surface area contributed by atoms with Crippen LogP contribution in [0.4, 0.5) is 0 Å². The molecule has 166 valence electrons. The molecule has 5 rings (SSSR count). The fraction of sp³-hybridized carbons (Fsp3) is 0.222. The molecule has 1 fully saturated rings. The molecule has 0 N–H and O–H groups in total. The highest BCUT2D eigenvalue weighted by molar-refractivity contribution is 6.32. The number of hydrogen-bond acceptors (Lipinski definition) is 5. The molecule has 1 aliphatic heterocycles. The van der Waals surface area contributed by atoms with Crippen LogP contribution in [0.15, 0.2) is 87.7 Å². The number of pyridine rings is 1. The van der Waals surface area contributed by atoms with Gasteiger partial charge in [-0.3, -0.25) is 0 Å². The lowest BCUT2D eigenvalue weighted by Gasteiger charge is -2.31. The molecule has 0 radical (unpaired) electrons. The zero-order chi connectivity index (χ0) is 22.5. The van der Waals surface area contributed by atoms with Crippen molar-refractivity contribution in [1.29, 1.82) is 0 Å². The van der Waals surface area contributed by atoms with Gasteiger partial charge in [0.2, 0.25) is 0 Å². The number of para-hydroxylation sites is 1. The minimum absolute atomic E-state index is 0.426. The average Bonchev–Trinajstić information content (AvgIpc) is 3.25. The molecule has 0 bridgehead atoms. The van der Waals surface area contributed by atoms with E-state index in [-0.39, 0.29) is 0 Å². The Bertz CT molecular complexity index is 1260. The molecule has 2 heterocycles. The maximum atomic E-state index is 6.34. The van der Waals surface area contributed by atoms with Gasteiger partial charge in [-0.05, 0) is 47.8 Å². The Kier molecular flexibility index (Phi) is 6.61. The highest BCUT2D eigenvalue weighted by atomic mass is 35.5. The minimum atomic E-state index is 0.426. The molecule has 0 spiro atoms. The molecule has 33 heavy (non-hydrogen) atoms. The first-order valence-electron chi connectivity index (χ1n) is 11.2. The van der Waals surface area contributed by atoms with Crippen LogP contribution in [0.5, 0.6) is 0 Å². The van der Waals surface area contributed by atoms with Crippen LogP contribution in [0.1, 0.15) is 24.0 Å². The van der Waals surface area contributed by atoms with Crippen LogP contribution >= 0.6 is 11.6 Å². The predicted octanol–water partition coefficient (Wildman–Crippen LogP) is 5.76. The minimum Gasteiger partial charge on any atom is -0.378 e. The van der Waals surface area contributed by atoms with Gasteiger partial charge < -0.3 is 9.64 Å². The highest BCUT2D eigenvalue weighted by Crippen LogP contribution is 2.35. The van der Waals surface area contributed by atoms with Crippen LogP contribution in [0.3, 0.4) is 0 Å². The summed E-state index contributed by atoms with van der Waals surface area (Å²) in [6.45, 7) is 3.27. The quantitative estimate of drug-likeness (QED) is 0.279. The summed E-state index contributed by atoms with van der Waals surface area (Å²) in [7, 11) is 0. The number of morpholine rings is 1.